The molecule has 2 aliphatic rings. The highest BCUT2D eigenvalue weighted by Gasteiger charge is 2.46. The van der Waals surface area contributed by atoms with Crippen LogP contribution in [0.25, 0.3) is 0 Å². The molecule has 1 aliphatic heterocycles. The zero-order valence-corrected chi connectivity index (χ0v) is 7.25. The number of aliphatic hydroxyl groups is 1. The van der Waals surface area contributed by atoms with Crippen molar-refractivity contribution in [2.24, 2.45) is 11.8 Å². The maximum atomic E-state index is 11.2. The SMILES string of the molecule is CC1(O)CC2CCOC(=O)C2C1. The van der Waals surface area contributed by atoms with Crippen LogP contribution >= 0.6 is 0 Å². The molecule has 0 radical (unpaired) electrons. The van der Waals surface area contributed by atoms with Crippen molar-refractivity contribution in [1.82, 2.24) is 0 Å². The molecule has 0 amide bonds. The molecule has 68 valence electrons. The van der Waals surface area contributed by atoms with Crippen molar-refractivity contribution in [3.8, 4) is 0 Å². The van der Waals surface area contributed by atoms with E-state index in [9.17, 15) is 9.90 Å². The smallest absolute Gasteiger partial charge is 0.309 e. The van der Waals surface area contributed by atoms with E-state index >= 15 is 0 Å². The second-order valence-electron chi connectivity index (χ2n) is 4.23. The minimum atomic E-state index is -0.640. The first-order valence-electron chi connectivity index (χ1n) is 4.47. The molecule has 1 saturated heterocycles. The van der Waals surface area contributed by atoms with Crippen LogP contribution < -0.4 is 0 Å². The van der Waals surface area contributed by atoms with E-state index in [-0.39, 0.29) is 11.9 Å². The van der Waals surface area contributed by atoms with E-state index in [1.165, 1.54) is 0 Å². The van der Waals surface area contributed by atoms with Crippen molar-refractivity contribution >= 4 is 5.97 Å². The number of fused-ring (bicyclic) bond motifs is 1. The van der Waals surface area contributed by atoms with Gasteiger partial charge in [0, 0.05) is 0 Å². The lowest BCUT2D eigenvalue weighted by atomic mass is 9.91. The molecule has 0 aromatic heterocycles. The fraction of sp³-hybridized carbons (Fsp3) is 0.889. The summed E-state index contributed by atoms with van der Waals surface area (Å²) in [4.78, 5) is 11.2. The normalized spacial score (nSPS) is 47.0. The predicted molar refractivity (Wildman–Crippen MR) is 42.4 cm³/mol. The number of hydrogen-bond donors (Lipinski definition) is 1. The topological polar surface area (TPSA) is 46.5 Å². The van der Waals surface area contributed by atoms with Crippen LogP contribution in [-0.4, -0.2) is 23.3 Å². The summed E-state index contributed by atoms with van der Waals surface area (Å²) >= 11 is 0. The molecule has 0 spiro atoms. The van der Waals surface area contributed by atoms with E-state index in [0.29, 0.717) is 18.9 Å². The van der Waals surface area contributed by atoms with Gasteiger partial charge in [0.05, 0.1) is 18.1 Å². The summed E-state index contributed by atoms with van der Waals surface area (Å²) in [5.74, 6) is 0.221. The third-order valence-electron chi connectivity index (χ3n) is 2.97. The van der Waals surface area contributed by atoms with Gasteiger partial charge in [-0.05, 0) is 32.1 Å². The summed E-state index contributed by atoms with van der Waals surface area (Å²) in [6.45, 7) is 2.34. The monoisotopic (exact) mass is 170 g/mol. The van der Waals surface area contributed by atoms with Crippen molar-refractivity contribution in [1.29, 1.82) is 0 Å². The Hall–Kier alpha value is -0.570. The van der Waals surface area contributed by atoms with Crippen LogP contribution in [0.4, 0.5) is 0 Å². The number of esters is 1. The quantitative estimate of drug-likeness (QED) is 0.545. The second kappa shape index (κ2) is 2.46. The van der Waals surface area contributed by atoms with E-state index in [4.69, 9.17) is 4.74 Å². The van der Waals surface area contributed by atoms with Crippen LogP contribution in [0, 0.1) is 11.8 Å². The molecule has 0 bridgehead atoms. The van der Waals surface area contributed by atoms with E-state index in [0.717, 1.165) is 12.8 Å². The van der Waals surface area contributed by atoms with Crippen LogP contribution in [0.1, 0.15) is 26.2 Å². The lowest BCUT2D eigenvalue weighted by Crippen LogP contribution is -2.28. The second-order valence-corrected chi connectivity index (χ2v) is 4.23. The van der Waals surface area contributed by atoms with Crippen LogP contribution in [0.2, 0.25) is 0 Å². The first-order chi connectivity index (χ1) is 5.58. The van der Waals surface area contributed by atoms with Crippen LogP contribution in [0.3, 0.4) is 0 Å². The summed E-state index contributed by atoms with van der Waals surface area (Å²) in [6, 6.07) is 0. The predicted octanol–water partition coefficient (Wildman–Crippen LogP) is 0.711. The standard InChI is InChI=1S/C9H14O3/c1-9(11)4-6-2-3-12-8(10)7(6)5-9/h6-7,11H,2-5H2,1H3. The number of ether oxygens (including phenoxy) is 1. The van der Waals surface area contributed by atoms with Crippen molar-refractivity contribution in [3.63, 3.8) is 0 Å². The minimum absolute atomic E-state index is 0.0336. The zero-order chi connectivity index (χ0) is 8.77. The molecule has 12 heavy (non-hydrogen) atoms. The molecule has 3 heteroatoms. The third kappa shape index (κ3) is 1.22. The van der Waals surface area contributed by atoms with Gasteiger partial charge >= 0.3 is 5.97 Å². The lowest BCUT2D eigenvalue weighted by Gasteiger charge is -2.23. The molecule has 3 atom stereocenters. The lowest BCUT2D eigenvalue weighted by molar-refractivity contribution is -0.155. The van der Waals surface area contributed by atoms with Gasteiger partial charge < -0.3 is 9.84 Å². The highest BCUT2D eigenvalue weighted by Crippen LogP contribution is 2.43. The highest BCUT2D eigenvalue weighted by atomic mass is 16.5. The van der Waals surface area contributed by atoms with E-state index in [2.05, 4.69) is 0 Å². The minimum Gasteiger partial charge on any atom is -0.465 e. The molecule has 2 fully saturated rings. The molecule has 1 heterocycles. The fourth-order valence-electron chi connectivity index (χ4n) is 2.43. The van der Waals surface area contributed by atoms with Crippen molar-refractivity contribution in [3.05, 3.63) is 0 Å². The molecule has 3 nitrogen and oxygen atoms in total. The number of carbonyl (C=O) groups is 1. The van der Waals surface area contributed by atoms with Gasteiger partial charge in [0.25, 0.3) is 0 Å². The number of hydrogen-bond acceptors (Lipinski definition) is 3. The molecular formula is C9H14O3. The molecular weight excluding hydrogens is 156 g/mol. The van der Waals surface area contributed by atoms with Gasteiger partial charge in [0.1, 0.15) is 0 Å². The summed E-state index contributed by atoms with van der Waals surface area (Å²) in [6.07, 6.45) is 2.26. The Morgan fingerprint density at radius 3 is 3.00 bits per heavy atom. The van der Waals surface area contributed by atoms with Gasteiger partial charge in [0.15, 0.2) is 0 Å². The molecule has 0 aromatic carbocycles. The Balaban J connectivity index is 2.14. The van der Waals surface area contributed by atoms with Gasteiger partial charge in [-0.3, -0.25) is 4.79 Å². The van der Waals surface area contributed by atoms with Crippen LogP contribution in [-0.2, 0) is 9.53 Å². The number of cyclic esters (lactones) is 1. The molecule has 3 unspecified atom stereocenters. The van der Waals surface area contributed by atoms with E-state index < -0.39 is 5.60 Å². The van der Waals surface area contributed by atoms with Gasteiger partial charge in [-0.15, -0.1) is 0 Å². The van der Waals surface area contributed by atoms with Crippen molar-refractivity contribution < 1.29 is 14.6 Å². The van der Waals surface area contributed by atoms with Crippen molar-refractivity contribution in [2.75, 3.05) is 6.61 Å². The average molecular weight is 170 g/mol. The van der Waals surface area contributed by atoms with Crippen molar-refractivity contribution in [2.45, 2.75) is 31.8 Å². The Kier molecular flexibility index (Phi) is 1.65. The fourth-order valence-corrected chi connectivity index (χ4v) is 2.43. The van der Waals surface area contributed by atoms with Crippen LogP contribution in [0.15, 0.2) is 0 Å². The maximum absolute atomic E-state index is 11.2. The first-order valence-corrected chi connectivity index (χ1v) is 4.47. The van der Waals surface area contributed by atoms with Crippen LogP contribution in [0.5, 0.6) is 0 Å². The maximum Gasteiger partial charge on any atom is 0.309 e. The van der Waals surface area contributed by atoms with Gasteiger partial charge in [0.2, 0.25) is 0 Å². The molecule has 1 aliphatic carbocycles. The Morgan fingerprint density at radius 2 is 2.33 bits per heavy atom. The molecule has 0 aromatic rings. The van der Waals surface area contributed by atoms with Gasteiger partial charge in [-0.25, -0.2) is 0 Å². The van der Waals surface area contributed by atoms with E-state index in [1.807, 2.05) is 0 Å². The first kappa shape index (κ1) is 8.05. The molecule has 1 N–H and O–H groups in total. The highest BCUT2D eigenvalue weighted by molar-refractivity contribution is 5.74. The van der Waals surface area contributed by atoms with Gasteiger partial charge in [-0.2, -0.15) is 0 Å². The van der Waals surface area contributed by atoms with Gasteiger partial charge in [-0.1, -0.05) is 0 Å². The molecule has 2 rings (SSSR count). The Morgan fingerprint density at radius 1 is 1.58 bits per heavy atom. The Bertz CT molecular complexity index is 210. The zero-order valence-electron chi connectivity index (χ0n) is 7.25. The average Bonchev–Trinajstić information content (AvgIpc) is 2.25. The summed E-state index contributed by atoms with van der Waals surface area (Å²) in [7, 11) is 0. The summed E-state index contributed by atoms with van der Waals surface area (Å²) in [5.41, 5.74) is -0.640. The summed E-state index contributed by atoms with van der Waals surface area (Å²) in [5, 5.41) is 9.74. The number of carbonyl (C=O) groups excluding carboxylic acids is 1. The Labute approximate surface area is 71.7 Å². The summed E-state index contributed by atoms with van der Waals surface area (Å²) < 4.78 is 4.94. The third-order valence-corrected chi connectivity index (χ3v) is 2.97. The molecule has 1 saturated carbocycles. The number of rotatable bonds is 0. The largest absolute Gasteiger partial charge is 0.465 e. The van der Waals surface area contributed by atoms with E-state index in [1.54, 1.807) is 6.92 Å².